The quantitative estimate of drug-likeness (QED) is 0.885. The SMILES string of the molecule is COc1ccc(Cl)cc1C(=O)Nc1cc(Cl)ncn1. The predicted octanol–water partition coefficient (Wildman–Crippen LogP) is 3.04. The van der Waals surface area contributed by atoms with Gasteiger partial charge in [0.25, 0.3) is 5.91 Å². The van der Waals surface area contributed by atoms with Crippen molar-refractivity contribution in [2.24, 2.45) is 0 Å². The van der Waals surface area contributed by atoms with Crippen LogP contribution in [0.5, 0.6) is 5.75 Å². The molecular weight excluding hydrogens is 289 g/mol. The lowest BCUT2D eigenvalue weighted by Gasteiger charge is -2.09. The van der Waals surface area contributed by atoms with Gasteiger partial charge in [0.05, 0.1) is 12.7 Å². The van der Waals surface area contributed by atoms with Crippen molar-refractivity contribution in [3.63, 3.8) is 0 Å². The van der Waals surface area contributed by atoms with E-state index in [1.807, 2.05) is 0 Å². The number of halogens is 2. The fourth-order valence-electron chi connectivity index (χ4n) is 1.44. The topological polar surface area (TPSA) is 64.1 Å². The molecule has 0 saturated carbocycles. The van der Waals surface area contributed by atoms with E-state index in [0.29, 0.717) is 22.2 Å². The van der Waals surface area contributed by atoms with E-state index in [4.69, 9.17) is 27.9 Å². The minimum Gasteiger partial charge on any atom is -0.496 e. The summed E-state index contributed by atoms with van der Waals surface area (Å²) in [4.78, 5) is 19.7. The molecule has 1 aromatic heterocycles. The van der Waals surface area contributed by atoms with Crippen LogP contribution in [0.4, 0.5) is 5.82 Å². The molecule has 0 bridgehead atoms. The number of rotatable bonds is 3. The Bertz CT molecular complexity index is 620. The fraction of sp³-hybridized carbons (Fsp3) is 0.0833. The lowest BCUT2D eigenvalue weighted by atomic mass is 10.2. The van der Waals surface area contributed by atoms with E-state index < -0.39 is 5.91 Å². The number of nitrogens with one attached hydrogen (secondary N) is 1. The number of benzene rings is 1. The number of hydrogen-bond acceptors (Lipinski definition) is 4. The van der Waals surface area contributed by atoms with E-state index in [9.17, 15) is 4.79 Å². The van der Waals surface area contributed by atoms with Crippen LogP contribution >= 0.6 is 23.2 Å². The third-order valence-electron chi connectivity index (χ3n) is 2.28. The monoisotopic (exact) mass is 297 g/mol. The fourth-order valence-corrected chi connectivity index (χ4v) is 1.76. The molecule has 5 nitrogen and oxygen atoms in total. The van der Waals surface area contributed by atoms with Gasteiger partial charge in [-0.3, -0.25) is 4.79 Å². The largest absolute Gasteiger partial charge is 0.496 e. The molecule has 1 heterocycles. The lowest BCUT2D eigenvalue weighted by Crippen LogP contribution is -2.14. The number of methoxy groups -OCH3 is 1. The normalized spacial score (nSPS) is 10.1. The molecule has 98 valence electrons. The van der Waals surface area contributed by atoms with E-state index in [0.717, 1.165) is 0 Å². The van der Waals surface area contributed by atoms with Gasteiger partial charge in [0.15, 0.2) is 0 Å². The van der Waals surface area contributed by atoms with Crippen LogP contribution in [0.15, 0.2) is 30.6 Å². The standard InChI is InChI=1S/C12H9Cl2N3O2/c1-19-9-3-2-7(13)4-8(9)12(18)17-11-5-10(14)15-6-16-11/h2-6H,1H3,(H,15,16,17,18). The van der Waals surface area contributed by atoms with E-state index in [2.05, 4.69) is 15.3 Å². The molecule has 0 radical (unpaired) electrons. The summed E-state index contributed by atoms with van der Waals surface area (Å²) in [6, 6.07) is 6.21. The van der Waals surface area contributed by atoms with Gasteiger partial charge in [-0.25, -0.2) is 9.97 Å². The zero-order valence-electron chi connectivity index (χ0n) is 9.85. The summed E-state index contributed by atoms with van der Waals surface area (Å²) >= 11 is 11.6. The van der Waals surface area contributed by atoms with Crippen LogP contribution in [0, 0.1) is 0 Å². The van der Waals surface area contributed by atoms with E-state index in [1.165, 1.54) is 25.6 Å². The zero-order valence-corrected chi connectivity index (χ0v) is 11.4. The molecule has 1 amide bonds. The summed E-state index contributed by atoms with van der Waals surface area (Å²) in [5.41, 5.74) is 0.310. The summed E-state index contributed by atoms with van der Waals surface area (Å²) in [7, 11) is 1.47. The summed E-state index contributed by atoms with van der Waals surface area (Å²) in [6.45, 7) is 0. The highest BCUT2D eigenvalue weighted by atomic mass is 35.5. The van der Waals surface area contributed by atoms with E-state index in [1.54, 1.807) is 12.1 Å². The van der Waals surface area contributed by atoms with Crippen molar-refractivity contribution in [1.29, 1.82) is 0 Å². The van der Waals surface area contributed by atoms with Gasteiger partial charge in [0.2, 0.25) is 0 Å². The molecule has 0 aliphatic carbocycles. The Balaban J connectivity index is 2.27. The Morgan fingerprint density at radius 3 is 2.74 bits per heavy atom. The third kappa shape index (κ3) is 3.33. The molecule has 2 aromatic rings. The molecule has 7 heteroatoms. The number of hydrogen-bond donors (Lipinski definition) is 1. The molecule has 19 heavy (non-hydrogen) atoms. The van der Waals surface area contributed by atoms with Crippen LogP contribution in [-0.4, -0.2) is 23.0 Å². The molecule has 0 saturated heterocycles. The average Bonchev–Trinajstić information content (AvgIpc) is 2.38. The molecule has 1 aromatic carbocycles. The number of amides is 1. The molecule has 0 aliphatic rings. The van der Waals surface area contributed by atoms with Crippen LogP contribution in [0.2, 0.25) is 10.2 Å². The van der Waals surface area contributed by atoms with E-state index in [-0.39, 0.29) is 5.15 Å². The maximum atomic E-state index is 12.1. The van der Waals surface area contributed by atoms with Gasteiger partial charge in [-0.15, -0.1) is 0 Å². The average molecular weight is 298 g/mol. The van der Waals surface area contributed by atoms with Crippen LogP contribution in [0.1, 0.15) is 10.4 Å². The van der Waals surface area contributed by atoms with Crippen LogP contribution < -0.4 is 10.1 Å². The van der Waals surface area contributed by atoms with E-state index >= 15 is 0 Å². The number of nitrogens with zero attached hydrogens (tertiary/aromatic N) is 2. The number of ether oxygens (including phenoxy) is 1. The summed E-state index contributed by atoms with van der Waals surface area (Å²) in [6.07, 6.45) is 1.26. The van der Waals surface area contributed by atoms with Crippen LogP contribution in [0.3, 0.4) is 0 Å². The molecule has 0 atom stereocenters. The Morgan fingerprint density at radius 2 is 2.05 bits per heavy atom. The molecule has 0 aliphatic heterocycles. The third-order valence-corrected chi connectivity index (χ3v) is 2.72. The van der Waals surface area contributed by atoms with Crippen LogP contribution in [0.25, 0.3) is 0 Å². The van der Waals surface area contributed by atoms with Crippen molar-refractivity contribution in [2.75, 3.05) is 12.4 Å². The van der Waals surface area contributed by atoms with Gasteiger partial charge in [-0.2, -0.15) is 0 Å². The second kappa shape index (κ2) is 5.86. The number of aromatic nitrogens is 2. The van der Waals surface area contributed by atoms with Gasteiger partial charge in [-0.1, -0.05) is 23.2 Å². The first-order valence-corrected chi connectivity index (χ1v) is 5.98. The summed E-state index contributed by atoms with van der Waals surface area (Å²) in [5, 5.41) is 3.26. The molecular formula is C12H9Cl2N3O2. The number of carbonyl (C=O) groups excluding carboxylic acids is 1. The van der Waals surface area contributed by atoms with Crippen molar-refractivity contribution in [1.82, 2.24) is 9.97 Å². The molecule has 2 rings (SSSR count). The van der Waals surface area contributed by atoms with Gasteiger partial charge in [0.1, 0.15) is 23.0 Å². The Kier molecular flexibility index (Phi) is 4.19. The minimum atomic E-state index is -0.394. The van der Waals surface area contributed by atoms with Crippen molar-refractivity contribution < 1.29 is 9.53 Å². The zero-order chi connectivity index (χ0) is 13.8. The highest BCUT2D eigenvalue weighted by Crippen LogP contribution is 2.23. The molecule has 0 fully saturated rings. The second-order valence-corrected chi connectivity index (χ2v) is 4.35. The Morgan fingerprint density at radius 1 is 1.26 bits per heavy atom. The van der Waals surface area contributed by atoms with Crippen molar-refractivity contribution in [3.8, 4) is 5.75 Å². The summed E-state index contributed by atoms with van der Waals surface area (Å²) < 4.78 is 5.10. The van der Waals surface area contributed by atoms with Gasteiger partial charge < -0.3 is 10.1 Å². The second-order valence-electron chi connectivity index (χ2n) is 3.52. The van der Waals surface area contributed by atoms with Crippen molar-refractivity contribution in [2.45, 2.75) is 0 Å². The molecule has 0 unspecified atom stereocenters. The maximum absolute atomic E-state index is 12.1. The summed E-state index contributed by atoms with van der Waals surface area (Å²) in [5.74, 6) is 0.322. The van der Waals surface area contributed by atoms with Gasteiger partial charge >= 0.3 is 0 Å². The number of anilines is 1. The Labute approximate surface area is 119 Å². The number of carbonyl (C=O) groups is 1. The van der Waals surface area contributed by atoms with Gasteiger partial charge in [-0.05, 0) is 18.2 Å². The first-order chi connectivity index (χ1) is 9.10. The first kappa shape index (κ1) is 13.6. The van der Waals surface area contributed by atoms with Crippen molar-refractivity contribution in [3.05, 3.63) is 46.3 Å². The van der Waals surface area contributed by atoms with Gasteiger partial charge in [0, 0.05) is 11.1 Å². The molecule has 1 N–H and O–H groups in total. The first-order valence-electron chi connectivity index (χ1n) is 5.22. The van der Waals surface area contributed by atoms with Crippen molar-refractivity contribution >= 4 is 34.9 Å². The maximum Gasteiger partial charge on any atom is 0.260 e. The highest BCUT2D eigenvalue weighted by molar-refractivity contribution is 6.31. The minimum absolute atomic E-state index is 0.239. The predicted molar refractivity (Wildman–Crippen MR) is 73.0 cm³/mol. The highest BCUT2D eigenvalue weighted by Gasteiger charge is 2.13. The Hall–Kier alpha value is -1.85. The van der Waals surface area contributed by atoms with Crippen LogP contribution in [-0.2, 0) is 0 Å². The molecule has 0 spiro atoms. The lowest BCUT2D eigenvalue weighted by molar-refractivity contribution is 0.102. The smallest absolute Gasteiger partial charge is 0.260 e.